The highest BCUT2D eigenvalue weighted by Crippen LogP contribution is 2.27. The molecular formula is C14H20O2. The molecule has 0 aliphatic heterocycles. The Kier molecular flexibility index (Phi) is 3.74. The van der Waals surface area contributed by atoms with Crippen molar-refractivity contribution in [2.75, 3.05) is 0 Å². The fourth-order valence-corrected chi connectivity index (χ4v) is 2.24. The Balaban J connectivity index is 3.61. The molecule has 1 rings (SSSR count). The maximum absolute atomic E-state index is 11.3. The minimum atomic E-state index is -0.799. The number of rotatable bonds is 3. The Morgan fingerprint density at radius 2 is 1.50 bits per heavy atom. The Hall–Kier alpha value is -1.31. The molecule has 0 unspecified atom stereocenters. The van der Waals surface area contributed by atoms with E-state index in [1.807, 2.05) is 20.8 Å². The summed E-state index contributed by atoms with van der Waals surface area (Å²) in [4.78, 5) is 11.3. The quantitative estimate of drug-likeness (QED) is 0.845. The summed E-state index contributed by atoms with van der Waals surface area (Å²) in [5.74, 6) is -0.799. The minimum Gasteiger partial charge on any atom is -0.478 e. The lowest BCUT2D eigenvalue weighted by atomic mass is 9.87. The van der Waals surface area contributed by atoms with Crippen LogP contribution < -0.4 is 0 Å². The van der Waals surface area contributed by atoms with Crippen LogP contribution in [0.5, 0.6) is 0 Å². The lowest BCUT2D eigenvalue weighted by molar-refractivity contribution is 0.0694. The first-order valence-corrected chi connectivity index (χ1v) is 5.74. The summed E-state index contributed by atoms with van der Waals surface area (Å²) >= 11 is 0. The average Bonchev–Trinajstić information content (AvgIpc) is 2.23. The van der Waals surface area contributed by atoms with Gasteiger partial charge in [0.25, 0.3) is 0 Å². The normalized spacial score (nSPS) is 10.6. The summed E-state index contributed by atoms with van der Waals surface area (Å²) in [5.41, 5.74) is 5.92. The van der Waals surface area contributed by atoms with Crippen molar-refractivity contribution in [2.24, 2.45) is 0 Å². The SMILES string of the molecule is CCCc1c(C)c(C)c(C)c(C)c1C(=O)O. The van der Waals surface area contributed by atoms with Crippen LogP contribution in [0.25, 0.3) is 0 Å². The highest BCUT2D eigenvalue weighted by molar-refractivity contribution is 5.92. The van der Waals surface area contributed by atoms with E-state index in [2.05, 4.69) is 13.8 Å². The topological polar surface area (TPSA) is 37.3 Å². The fraction of sp³-hybridized carbons (Fsp3) is 0.500. The van der Waals surface area contributed by atoms with Gasteiger partial charge in [-0.3, -0.25) is 0 Å². The van der Waals surface area contributed by atoms with Crippen LogP contribution in [0.3, 0.4) is 0 Å². The van der Waals surface area contributed by atoms with E-state index in [9.17, 15) is 9.90 Å². The maximum Gasteiger partial charge on any atom is 0.336 e. The monoisotopic (exact) mass is 220 g/mol. The van der Waals surface area contributed by atoms with Crippen LogP contribution in [0, 0.1) is 27.7 Å². The molecular weight excluding hydrogens is 200 g/mol. The summed E-state index contributed by atoms with van der Waals surface area (Å²) < 4.78 is 0. The Labute approximate surface area is 97.3 Å². The van der Waals surface area contributed by atoms with Crippen molar-refractivity contribution < 1.29 is 9.90 Å². The predicted octanol–water partition coefficient (Wildman–Crippen LogP) is 3.57. The zero-order valence-corrected chi connectivity index (χ0v) is 10.8. The number of hydrogen-bond acceptors (Lipinski definition) is 1. The van der Waals surface area contributed by atoms with Gasteiger partial charge in [0, 0.05) is 0 Å². The number of carboxylic acid groups (broad SMARTS) is 1. The van der Waals surface area contributed by atoms with Crippen LogP contribution in [0.1, 0.15) is 51.5 Å². The van der Waals surface area contributed by atoms with E-state index in [1.165, 1.54) is 5.56 Å². The molecule has 0 atom stereocenters. The van der Waals surface area contributed by atoms with Crippen LogP contribution in [-0.2, 0) is 6.42 Å². The van der Waals surface area contributed by atoms with E-state index in [-0.39, 0.29) is 0 Å². The number of carboxylic acids is 1. The molecule has 0 amide bonds. The van der Waals surface area contributed by atoms with Crippen molar-refractivity contribution >= 4 is 5.97 Å². The molecule has 1 N–H and O–H groups in total. The molecule has 0 radical (unpaired) electrons. The molecule has 0 heterocycles. The van der Waals surface area contributed by atoms with Gasteiger partial charge in [0.1, 0.15) is 0 Å². The molecule has 2 nitrogen and oxygen atoms in total. The molecule has 1 aromatic carbocycles. The van der Waals surface area contributed by atoms with Crippen molar-refractivity contribution in [1.29, 1.82) is 0 Å². The Morgan fingerprint density at radius 3 is 1.94 bits per heavy atom. The van der Waals surface area contributed by atoms with Gasteiger partial charge in [0.15, 0.2) is 0 Å². The molecule has 88 valence electrons. The average molecular weight is 220 g/mol. The van der Waals surface area contributed by atoms with E-state index in [0.29, 0.717) is 5.56 Å². The second kappa shape index (κ2) is 4.69. The molecule has 0 bridgehead atoms. The first kappa shape index (κ1) is 12.8. The van der Waals surface area contributed by atoms with E-state index < -0.39 is 5.97 Å². The van der Waals surface area contributed by atoms with Crippen LogP contribution in [0.15, 0.2) is 0 Å². The van der Waals surface area contributed by atoms with Crippen LogP contribution in [-0.4, -0.2) is 11.1 Å². The molecule has 0 aliphatic carbocycles. The molecule has 0 spiro atoms. The molecule has 0 aromatic heterocycles. The van der Waals surface area contributed by atoms with Crippen LogP contribution in [0.4, 0.5) is 0 Å². The van der Waals surface area contributed by atoms with Gasteiger partial charge >= 0.3 is 5.97 Å². The van der Waals surface area contributed by atoms with Crippen molar-refractivity contribution in [3.05, 3.63) is 33.4 Å². The highest BCUT2D eigenvalue weighted by atomic mass is 16.4. The molecule has 0 saturated heterocycles. The van der Waals surface area contributed by atoms with E-state index in [1.54, 1.807) is 0 Å². The summed E-state index contributed by atoms with van der Waals surface area (Å²) in [5, 5.41) is 9.31. The molecule has 1 aromatic rings. The fourth-order valence-electron chi connectivity index (χ4n) is 2.24. The van der Waals surface area contributed by atoms with Gasteiger partial charge in [-0.05, 0) is 61.9 Å². The number of hydrogen-bond donors (Lipinski definition) is 1. The van der Waals surface area contributed by atoms with Crippen molar-refractivity contribution in [3.63, 3.8) is 0 Å². The van der Waals surface area contributed by atoms with Gasteiger partial charge in [-0.1, -0.05) is 13.3 Å². The highest BCUT2D eigenvalue weighted by Gasteiger charge is 2.19. The van der Waals surface area contributed by atoms with Gasteiger partial charge in [0.05, 0.1) is 5.56 Å². The van der Waals surface area contributed by atoms with Crippen molar-refractivity contribution in [2.45, 2.75) is 47.5 Å². The molecule has 0 aliphatic rings. The Morgan fingerprint density at radius 1 is 1.00 bits per heavy atom. The number of benzene rings is 1. The second-order valence-electron chi connectivity index (χ2n) is 4.41. The summed E-state index contributed by atoms with van der Waals surface area (Å²) in [6, 6.07) is 0. The van der Waals surface area contributed by atoms with E-state index in [0.717, 1.165) is 35.1 Å². The third kappa shape index (κ3) is 1.97. The maximum atomic E-state index is 11.3. The van der Waals surface area contributed by atoms with Crippen molar-refractivity contribution in [1.82, 2.24) is 0 Å². The lowest BCUT2D eigenvalue weighted by Crippen LogP contribution is -2.11. The van der Waals surface area contributed by atoms with Gasteiger partial charge in [-0.25, -0.2) is 4.79 Å². The molecule has 16 heavy (non-hydrogen) atoms. The van der Waals surface area contributed by atoms with Gasteiger partial charge in [-0.15, -0.1) is 0 Å². The van der Waals surface area contributed by atoms with E-state index in [4.69, 9.17) is 0 Å². The van der Waals surface area contributed by atoms with E-state index >= 15 is 0 Å². The smallest absolute Gasteiger partial charge is 0.336 e. The number of aromatic carboxylic acids is 1. The van der Waals surface area contributed by atoms with Crippen LogP contribution in [0.2, 0.25) is 0 Å². The third-order valence-corrected chi connectivity index (χ3v) is 3.53. The van der Waals surface area contributed by atoms with Crippen LogP contribution >= 0.6 is 0 Å². The van der Waals surface area contributed by atoms with Crippen molar-refractivity contribution in [3.8, 4) is 0 Å². The first-order valence-electron chi connectivity index (χ1n) is 5.74. The summed E-state index contributed by atoms with van der Waals surface area (Å²) in [6.07, 6.45) is 1.82. The second-order valence-corrected chi connectivity index (χ2v) is 4.41. The largest absolute Gasteiger partial charge is 0.478 e. The predicted molar refractivity (Wildman–Crippen MR) is 66.3 cm³/mol. The molecule has 0 fully saturated rings. The zero-order valence-electron chi connectivity index (χ0n) is 10.8. The third-order valence-electron chi connectivity index (χ3n) is 3.53. The minimum absolute atomic E-state index is 0.516. The number of carbonyl (C=O) groups is 1. The Bertz CT molecular complexity index is 431. The first-order chi connectivity index (χ1) is 7.41. The molecule has 2 heteroatoms. The molecule has 0 saturated carbocycles. The zero-order chi connectivity index (χ0) is 12.5. The summed E-state index contributed by atoms with van der Waals surface area (Å²) in [6.45, 7) is 10.1. The summed E-state index contributed by atoms with van der Waals surface area (Å²) in [7, 11) is 0. The van der Waals surface area contributed by atoms with Gasteiger partial charge < -0.3 is 5.11 Å². The standard InChI is InChI=1S/C14H20O2/c1-6-7-12-10(4)8(2)9(3)11(5)13(12)14(15)16/h6-7H2,1-5H3,(H,15,16). The van der Waals surface area contributed by atoms with Gasteiger partial charge in [-0.2, -0.15) is 0 Å². The van der Waals surface area contributed by atoms with Gasteiger partial charge in [0.2, 0.25) is 0 Å². The lowest BCUT2D eigenvalue weighted by Gasteiger charge is -2.18.